The molecule has 1 rings (SSSR count). The van der Waals surface area contributed by atoms with Crippen LogP contribution < -0.4 is 0 Å². The molecule has 1 radical (unpaired) electrons. The van der Waals surface area contributed by atoms with Crippen molar-refractivity contribution in [2.24, 2.45) is 0 Å². The standard InChI is InChI=1S/C5H3F2N.C2H6N2.CH3.Ru/c6-4-1-5(7)3-8-2-4;3-1-2-4;;/h1-3H;3-4H,1-2H2;1H3;/q;-2;-1;+3. The minimum atomic E-state index is -0.648. The Morgan fingerprint density at radius 2 is 1.43 bits per heavy atom. The molecule has 0 fully saturated rings. The largest absolute Gasteiger partial charge is 3.00 e. The van der Waals surface area contributed by atoms with Gasteiger partial charge in [0.2, 0.25) is 0 Å². The van der Waals surface area contributed by atoms with Crippen molar-refractivity contribution in [2.75, 3.05) is 13.1 Å². The number of halogens is 2. The van der Waals surface area contributed by atoms with E-state index in [1.54, 1.807) is 0 Å². The number of hydrogen-bond donors (Lipinski definition) is 0. The third-order valence-electron chi connectivity index (χ3n) is 0.797. The van der Waals surface area contributed by atoms with Crippen LogP contribution in [0.4, 0.5) is 8.78 Å². The number of pyridine rings is 1. The monoisotopic (exact) mass is 290 g/mol. The number of nitrogens with one attached hydrogen (secondary N) is 2. The third kappa shape index (κ3) is 11.6. The summed E-state index contributed by atoms with van der Waals surface area (Å²) in [5.41, 5.74) is 12.5. The minimum Gasteiger partial charge on any atom is -0.679 e. The van der Waals surface area contributed by atoms with Crippen LogP contribution in [0.3, 0.4) is 0 Å². The summed E-state index contributed by atoms with van der Waals surface area (Å²) in [5.74, 6) is -1.30. The Bertz CT molecular complexity index is 204. The average molecular weight is 289 g/mol. The summed E-state index contributed by atoms with van der Waals surface area (Å²) in [5, 5.41) is 0. The topological polar surface area (TPSA) is 60.5 Å². The Morgan fingerprint density at radius 1 is 1.07 bits per heavy atom. The van der Waals surface area contributed by atoms with Crippen LogP contribution in [-0.4, -0.2) is 18.1 Å². The van der Waals surface area contributed by atoms with E-state index in [0.29, 0.717) is 0 Å². The van der Waals surface area contributed by atoms with Crippen LogP contribution in [0.15, 0.2) is 18.5 Å². The van der Waals surface area contributed by atoms with Gasteiger partial charge in [-0.3, -0.25) is 4.98 Å². The first-order valence-corrected chi connectivity index (χ1v) is 3.26. The molecule has 1 heterocycles. The fourth-order valence-corrected chi connectivity index (χ4v) is 0.386. The molecule has 81 valence electrons. The van der Waals surface area contributed by atoms with E-state index >= 15 is 0 Å². The molecule has 3 nitrogen and oxygen atoms in total. The summed E-state index contributed by atoms with van der Waals surface area (Å²) in [7, 11) is 0. The van der Waals surface area contributed by atoms with Crippen molar-refractivity contribution in [3.63, 3.8) is 0 Å². The Morgan fingerprint density at radius 3 is 1.57 bits per heavy atom. The maximum absolute atomic E-state index is 11.9. The molecule has 1 aromatic rings. The minimum absolute atomic E-state index is 0. The molecule has 14 heavy (non-hydrogen) atoms. The second-order valence-electron chi connectivity index (χ2n) is 1.82. The van der Waals surface area contributed by atoms with Gasteiger partial charge in [-0.2, -0.15) is 13.1 Å². The maximum atomic E-state index is 11.9. The second kappa shape index (κ2) is 12.6. The number of rotatable bonds is 1. The molecule has 6 heteroatoms. The first kappa shape index (κ1) is 19.2. The van der Waals surface area contributed by atoms with E-state index in [1.807, 2.05) is 0 Å². The molecule has 0 aliphatic carbocycles. The van der Waals surface area contributed by atoms with Gasteiger partial charge in [0.1, 0.15) is 11.6 Å². The van der Waals surface area contributed by atoms with Gasteiger partial charge >= 0.3 is 19.5 Å². The maximum Gasteiger partial charge on any atom is 3.00 e. The Balaban J connectivity index is -0.000000180. The van der Waals surface area contributed by atoms with Crippen molar-refractivity contribution in [1.82, 2.24) is 4.98 Å². The molecule has 0 saturated carbocycles. The summed E-state index contributed by atoms with van der Waals surface area (Å²) in [6.07, 6.45) is 1.90. The molecule has 0 unspecified atom stereocenters. The fraction of sp³-hybridized carbons (Fsp3) is 0.250. The zero-order valence-corrected chi connectivity index (χ0v) is 9.44. The average Bonchev–Trinajstić information content (AvgIpc) is 2.04. The van der Waals surface area contributed by atoms with Gasteiger partial charge in [-0.05, 0) is 0 Å². The van der Waals surface area contributed by atoms with Gasteiger partial charge in [-0.25, -0.2) is 8.78 Å². The summed E-state index contributed by atoms with van der Waals surface area (Å²) in [4.78, 5) is 3.23. The molecule has 0 aliphatic heterocycles. The first-order valence-electron chi connectivity index (χ1n) is 3.26. The molecular formula is C8H12F2N3Ru. The smallest absolute Gasteiger partial charge is 0.679 e. The first-order chi connectivity index (χ1) is 5.70. The van der Waals surface area contributed by atoms with Gasteiger partial charge in [-0.15, -0.1) is 0 Å². The molecule has 0 aromatic carbocycles. The van der Waals surface area contributed by atoms with Crippen LogP contribution in [0.5, 0.6) is 0 Å². The van der Waals surface area contributed by atoms with Gasteiger partial charge in [0.25, 0.3) is 0 Å². The van der Waals surface area contributed by atoms with Gasteiger partial charge < -0.3 is 18.9 Å². The number of hydrogen-bond acceptors (Lipinski definition) is 1. The zero-order valence-electron chi connectivity index (χ0n) is 7.70. The summed E-state index contributed by atoms with van der Waals surface area (Å²) in [6.45, 7) is 0.472. The van der Waals surface area contributed by atoms with Crippen molar-refractivity contribution < 1.29 is 28.3 Å². The molecule has 0 saturated heterocycles. The quantitative estimate of drug-likeness (QED) is 0.579. The van der Waals surface area contributed by atoms with E-state index in [4.69, 9.17) is 11.5 Å². The Labute approximate surface area is 95.7 Å². The second-order valence-corrected chi connectivity index (χ2v) is 1.82. The SMILES string of the molecule is Fc1cncc(F)c1.[CH3-].[NH-]CC[NH-].[Ru+3]. The van der Waals surface area contributed by atoms with Gasteiger partial charge in [0.05, 0.1) is 12.4 Å². The normalized spacial score (nSPS) is 7.43. The molecule has 0 aliphatic rings. The van der Waals surface area contributed by atoms with Crippen LogP contribution in [0.2, 0.25) is 0 Å². The molecule has 2 N–H and O–H groups in total. The van der Waals surface area contributed by atoms with Crippen molar-refractivity contribution in [3.8, 4) is 0 Å². The van der Waals surface area contributed by atoms with Crippen LogP contribution in [0, 0.1) is 19.1 Å². The molecule has 0 bridgehead atoms. The fourth-order valence-electron chi connectivity index (χ4n) is 0.386. The summed E-state index contributed by atoms with van der Waals surface area (Å²) < 4.78 is 23.7. The van der Waals surface area contributed by atoms with Gasteiger partial charge in [0, 0.05) is 6.07 Å². The van der Waals surface area contributed by atoms with Crippen molar-refractivity contribution in [3.05, 3.63) is 49.0 Å². The van der Waals surface area contributed by atoms with Crippen LogP contribution in [-0.2, 0) is 19.5 Å². The van der Waals surface area contributed by atoms with E-state index in [0.717, 1.165) is 18.5 Å². The van der Waals surface area contributed by atoms with Crippen LogP contribution >= 0.6 is 0 Å². The summed E-state index contributed by atoms with van der Waals surface area (Å²) >= 11 is 0. The van der Waals surface area contributed by atoms with E-state index < -0.39 is 11.6 Å². The molecule has 1 aromatic heterocycles. The molecular weight excluding hydrogens is 277 g/mol. The summed E-state index contributed by atoms with van der Waals surface area (Å²) in [6, 6.07) is 0.771. The van der Waals surface area contributed by atoms with E-state index in [-0.39, 0.29) is 40.0 Å². The van der Waals surface area contributed by atoms with Crippen LogP contribution in [0.1, 0.15) is 0 Å². The van der Waals surface area contributed by atoms with E-state index in [1.165, 1.54) is 0 Å². The predicted octanol–water partition coefficient (Wildman–Crippen LogP) is 2.90. The molecule has 0 amide bonds. The van der Waals surface area contributed by atoms with Crippen molar-refractivity contribution in [1.29, 1.82) is 0 Å². The van der Waals surface area contributed by atoms with Gasteiger partial charge in [-0.1, -0.05) is 0 Å². The number of aromatic nitrogens is 1. The van der Waals surface area contributed by atoms with E-state index in [2.05, 4.69) is 4.98 Å². The Kier molecular flexibility index (Phi) is 17.2. The molecule has 0 spiro atoms. The van der Waals surface area contributed by atoms with Crippen molar-refractivity contribution >= 4 is 0 Å². The Hall–Kier alpha value is -0.447. The van der Waals surface area contributed by atoms with E-state index in [9.17, 15) is 8.78 Å². The predicted molar refractivity (Wildman–Crippen MR) is 48.9 cm³/mol. The third-order valence-corrected chi connectivity index (χ3v) is 0.797. The number of nitrogens with zero attached hydrogens (tertiary/aromatic N) is 1. The van der Waals surface area contributed by atoms with Crippen LogP contribution in [0.25, 0.3) is 11.5 Å². The van der Waals surface area contributed by atoms with Gasteiger partial charge in [0.15, 0.2) is 0 Å². The van der Waals surface area contributed by atoms with Crippen molar-refractivity contribution in [2.45, 2.75) is 0 Å². The zero-order chi connectivity index (χ0) is 9.40. The molecule has 0 atom stereocenters.